The molecule has 1 aromatic carbocycles. The van der Waals surface area contributed by atoms with E-state index in [4.69, 9.17) is 9.47 Å². The van der Waals surface area contributed by atoms with Gasteiger partial charge in [0, 0.05) is 47.3 Å². The fraction of sp³-hybridized carbons (Fsp3) is 0.744. The van der Waals surface area contributed by atoms with E-state index in [1.54, 1.807) is 45.0 Å². The van der Waals surface area contributed by atoms with Crippen molar-refractivity contribution in [1.29, 1.82) is 0 Å². The zero-order valence-electron chi connectivity index (χ0n) is 37.1. The molecule has 1 heterocycles. The van der Waals surface area contributed by atoms with E-state index in [9.17, 15) is 24.0 Å². The summed E-state index contributed by atoms with van der Waals surface area (Å²) in [7, 11) is 10.4. The van der Waals surface area contributed by atoms with Gasteiger partial charge in [0.2, 0.25) is 29.5 Å². The molecule has 57 heavy (non-hydrogen) atoms. The van der Waals surface area contributed by atoms with Gasteiger partial charge < -0.3 is 45.4 Å². The Labute approximate surface area is 342 Å². The highest BCUT2D eigenvalue weighted by Gasteiger charge is 2.43. The van der Waals surface area contributed by atoms with Crippen LogP contribution in [0.2, 0.25) is 0 Å². The predicted molar refractivity (Wildman–Crippen MR) is 224 cm³/mol. The number of likely N-dealkylation sites (N-methyl/N-ethyl adjacent to an activating group) is 3. The molecular formula is C43H75N7O7. The molecule has 0 aromatic heterocycles. The zero-order valence-corrected chi connectivity index (χ0v) is 37.1. The van der Waals surface area contributed by atoms with Crippen molar-refractivity contribution in [3.63, 3.8) is 0 Å². The quantitative estimate of drug-likeness (QED) is 0.123. The maximum atomic E-state index is 14.3. The second kappa shape index (κ2) is 24.4. The zero-order chi connectivity index (χ0) is 43.0. The standard InChI is InChI=1S/C43H75N7O7/c1-14-29(6)38(49(11)43(55)37(28(4)5)47-42(54)36(44-8)27(2)3)34(56-12)26-35(51)50-23-18-21-33(50)39(57-13)30(7)40(52)46-32(25-31-19-16-15-17-20-31)41(53)45-22-24-48(9)10/h15-17,19-20,27-30,32-34,36-39,44H,14,18,21-26H2,1-13H3,(H,45,53)(H,46,52)(H,47,54)/t29-,30+,32-,33-,34?,36-,37-,38-,39+/m0/s1. The number of rotatable bonds is 24. The van der Waals surface area contributed by atoms with E-state index < -0.39 is 42.3 Å². The smallest absolute Gasteiger partial charge is 0.245 e. The average molecular weight is 802 g/mol. The van der Waals surface area contributed by atoms with Crippen LogP contribution < -0.4 is 21.3 Å². The van der Waals surface area contributed by atoms with Gasteiger partial charge in [-0.1, -0.05) is 85.2 Å². The van der Waals surface area contributed by atoms with Crippen LogP contribution in [-0.2, 0) is 39.9 Å². The number of likely N-dealkylation sites (tertiary alicyclic amines) is 1. The van der Waals surface area contributed by atoms with Crippen molar-refractivity contribution in [1.82, 2.24) is 36.0 Å². The van der Waals surface area contributed by atoms with Crippen LogP contribution >= 0.6 is 0 Å². The number of carbonyl (C=O) groups is 5. The van der Waals surface area contributed by atoms with E-state index in [0.29, 0.717) is 32.5 Å². The van der Waals surface area contributed by atoms with E-state index in [0.717, 1.165) is 18.4 Å². The van der Waals surface area contributed by atoms with Crippen LogP contribution in [0.15, 0.2) is 30.3 Å². The topological polar surface area (TPSA) is 162 Å². The maximum Gasteiger partial charge on any atom is 0.245 e. The van der Waals surface area contributed by atoms with Crippen molar-refractivity contribution in [2.75, 3.05) is 62.0 Å². The van der Waals surface area contributed by atoms with Gasteiger partial charge in [-0.05, 0) is 57.3 Å². The molecule has 0 bridgehead atoms. The predicted octanol–water partition coefficient (Wildman–Crippen LogP) is 2.70. The molecule has 0 saturated carbocycles. The Morgan fingerprint density at radius 3 is 2.02 bits per heavy atom. The second-order valence-corrected chi connectivity index (χ2v) is 16.7. The average Bonchev–Trinajstić information content (AvgIpc) is 3.66. The van der Waals surface area contributed by atoms with Crippen molar-refractivity contribution >= 4 is 29.5 Å². The van der Waals surface area contributed by atoms with Crippen LogP contribution in [0, 0.1) is 23.7 Å². The molecule has 9 atom stereocenters. The third-order valence-electron chi connectivity index (χ3n) is 11.5. The fourth-order valence-electron chi connectivity index (χ4n) is 7.94. The minimum Gasteiger partial charge on any atom is -0.379 e. The van der Waals surface area contributed by atoms with Crippen LogP contribution in [0.25, 0.3) is 0 Å². The lowest BCUT2D eigenvalue weighted by Crippen LogP contribution is -2.59. The molecule has 1 aliphatic heterocycles. The Morgan fingerprint density at radius 1 is 0.860 bits per heavy atom. The van der Waals surface area contributed by atoms with Crippen LogP contribution in [-0.4, -0.2) is 149 Å². The van der Waals surface area contributed by atoms with Gasteiger partial charge in [0.15, 0.2) is 0 Å². The largest absolute Gasteiger partial charge is 0.379 e. The third kappa shape index (κ3) is 14.3. The van der Waals surface area contributed by atoms with E-state index in [1.807, 2.05) is 90.9 Å². The number of nitrogens with one attached hydrogen (secondary N) is 4. The van der Waals surface area contributed by atoms with Crippen LogP contribution in [0.1, 0.15) is 79.7 Å². The Kier molecular flexibility index (Phi) is 21.2. The molecular weight excluding hydrogens is 727 g/mol. The monoisotopic (exact) mass is 802 g/mol. The lowest BCUT2D eigenvalue weighted by Gasteiger charge is -2.41. The SMILES string of the molecule is CC[C@H](C)[C@@H](C(CC(=O)N1CCC[C@H]1[C@H](OC)[C@@H](C)C(=O)N[C@@H](Cc1ccccc1)C(=O)NCCN(C)C)OC)N(C)C(=O)[C@@H](NC(=O)[C@@H](NC)C(C)C)C(C)C. The molecule has 0 aliphatic carbocycles. The van der Waals surface area contributed by atoms with E-state index >= 15 is 0 Å². The van der Waals surface area contributed by atoms with Crippen molar-refractivity contribution in [2.24, 2.45) is 23.7 Å². The van der Waals surface area contributed by atoms with Gasteiger partial charge >= 0.3 is 0 Å². The summed E-state index contributed by atoms with van der Waals surface area (Å²) >= 11 is 0. The molecule has 14 nitrogen and oxygen atoms in total. The van der Waals surface area contributed by atoms with Crippen LogP contribution in [0.5, 0.6) is 0 Å². The minimum absolute atomic E-state index is 0.0107. The molecule has 5 amide bonds. The maximum absolute atomic E-state index is 14.3. The van der Waals surface area contributed by atoms with Crippen molar-refractivity contribution < 1.29 is 33.4 Å². The Morgan fingerprint density at radius 2 is 1.49 bits per heavy atom. The number of methoxy groups -OCH3 is 2. The fourth-order valence-corrected chi connectivity index (χ4v) is 7.94. The summed E-state index contributed by atoms with van der Waals surface area (Å²) in [6.45, 7) is 15.2. The Balaban J connectivity index is 2.29. The Bertz CT molecular complexity index is 1410. The summed E-state index contributed by atoms with van der Waals surface area (Å²) in [4.78, 5) is 74.4. The molecule has 0 spiro atoms. The van der Waals surface area contributed by atoms with Gasteiger partial charge in [-0.3, -0.25) is 24.0 Å². The lowest BCUT2D eigenvalue weighted by atomic mass is 9.89. The molecule has 324 valence electrons. The first-order chi connectivity index (χ1) is 26.9. The van der Waals surface area contributed by atoms with Gasteiger partial charge in [0.1, 0.15) is 12.1 Å². The number of nitrogens with zero attached hydrogens (tertiary/aromatic N) is 3. The van der Waals surface area contributed by atoms with Gasteiger partial charge in [-0.2, -0.15) is 0 Å². The van der Waals surface area contributed by atoms with E-state index in [1.165, 1.54) is 0 Å². The first kappa shape index (κ1) is 49.6. The molecule has 1 fully saturated rings. The molecule has 1 aliphatic rings. The van der Waals surface area contributed by atoms with Gasteiger partial charge in [0.25, 0.3) is 0 Å². The second-order valence-electron chi connectivity index (χ2n) is 16.7. The normalized spacial score (nSPS) is 18.7. The molecule has 1 unspecified atom stereocenters. The molecule has 1 saturated heterocycles. The van der Waals surface area contributed by atoms with Crippen LogP contribution in [0.3, 0.4) is 0 Å². The Hall–Kier alpha value is -3.59. The summed E-state index contributed by atoms with van der Waals surface area (Å²) in [5, 5.41) is 12.0. The number of carbonyl (C=O) groups excluding carboxylic acids is 5. The highest BCUT2D eigenvalue weighted by molar-refractivity contribution is 5.90. The van der Waals surface area contributed by atoms with E-state index in [2.05, 4.69) is 21.3 Å². The summed E-state index contributed by atoms with van der Waals surface area (Å²) in [5.74, 6) is -2.11. The summed E-state index contributed by atoms with van der Waals surface area (Å²) < 4.78 is 12.0. The number of amides is 5. The lowest BCUT2D eigenvalue weighted by molar-refractivity contribution is -0.148. The van der Waals surface area contributed by atoms with Crippen molar-refractivity contribution in [2.45, 2.75) is 123 Å². The van der Waals surface area contributed by atoms with Crippen molar-refractivity contribution in [3.05, 3.63) is 35.9 Å². The summed E-state index contributed by atoms with van der Waals surface area (Å²) in [6, 6.07) is 6.69. The molecule has 14 heteroatoms. The van der Waals surface area contributed by atoms with Gasteiger partial charge in [-0.15, -0.1) is 0 Å². The highest BCUT2D eigenvalue weighted by atomic mass is 16.5. The van der Waals surface area contributed by atoms with E-state index in [-0.39, 0.29) is 59.8 Å². The minimum atomic E-state index is -0.799. The first-order valence-corrected chi connectivity index (χ1v) is 20.8. The van der Waals surface area contributed by atoms with Crippen molar-refractivity contribution in [3.8, 4) is 0 Å². The number of ether oxygens (including phenoxy) is 2. The van der Waals surface area contributed by atoms with Gasteiger partial charge in [0.05, 0.1) is 42.7 Å². The molecule has 2 rings (SSSR count). The molecule has 1 aromatic rings. The molecule has 4 N–H and O–H groups in total. The number of benzene rings is 1. The molecule has 0 radical (unpaired) electrons. The highest BCUT2D eigenvalue weighted by Crippen LogP contribution is 2.30. The number of hydrogen-bond donors (Lipinski definition) is 4. The van der Waals surface area contributed by atoms with Gasteiger partial charge in [-0.25, -0.2) is 0 Å². The third-order valence-corrected chi connectivity index (χ3v) is 11.5. The number of hydrogen-bond acceptors (Lipinski definition) is 9. The summed E-state index contributed by atoms with van der Waals surface area (Å²) in [5.41, 5.74) is 0.919. The summed E-state index contributed by atoms with van der Waals surface area (Å²) in [6.07, 6.45) is 1.17. The first-order valence-electron chi connectivity index (χ1n) is 20.8. The van der Waals surface area contributed by atoms with Crippen LogP contribution in [0.4, 0.5) is 0 Å².